The number of hydrogen-bond acceptors (Lipinski definition) is 6. The lowest BCUT2D eigenvalue weighted by Gasteiger charge is -2.32. The predicted octanol–water partition coefficient (Wildman–Crippen LogP) is 2.59. The summed E-state index contributed by atoms with van der Waals surface area (Å²) in [5, 5.41) is 4.31. The third kappa shape index (κ3) is 2.85. The van der Waals surface area contributed by atoms with Crippen LogP contribution in [0.1, 0.15) is 35.3 Å². The number of nitrogens with zero attached hydrogens (tertiary/aromatic N) is 6. The summed E-state index contributed by atoms with van der Waals surface area (Å²) in [7, 11) is 0. The Bertz CT molecular complexity index is 1040. The first-order valence-corrected chi connectivity index (χ1v) is 9.72. The topological polar surface area (TPSA) is 75.9 Å². The largest absolute Gasteiger partial charge is 0.490 e. The van der Waals surface area contributed by atoms with Gasteiger partial charge in [-0.2, -0.15) is 14.6 Å². The van der Waals surface area contributed by atoms with E-state index in [2.05, 4.69) is 20.0 Å². The van der Waals surface area contributed by atoms with E-state index < -0.39 is 0 Å². The lowest BCUT2D eigenvalue weighted by Crippen LogP contribution is -2.36. The van der Waals surface area contributed by atoms with Gasteiger partial charge in [-0.15, -0.1) is 0 Å². The maximum atomic E-state index is 12.8. The van der Waals surface area contributed by atoms with Crippen LogP contribution in [0.4, 0.5) is 11.5 Å². The number of anilines is 2. The molecule has 2 aromatic heterocycles. The molecular weight excluding hydrogens is 356 g/mol. The number of ether oxygens (including phenoxy) is 1. The second kappa shape index (κ2) is 6.78. The molecule has 3 aromatic rings. The van der Waals surface area contributed by atoms with E-state index in [9.17, 15) is 4.79 Å². The van der Waals surface area contributed by atoms with Crippen LogP contribution in [0.25, 0.3) is 5.78 Å². The smallest absolute Gasteiger partial charge is 0.254 e. The van der Waals surface area contributed by atoms with Crippen molar-refractivity contribution in [1.29, 1.82) is 0 Å². The van der Waals surface area contributed by atoms with Crippen LogP contribution in [0, 0.1) is 6.92 Å². The first-order chi connectivity index (χ1) is 13.7. The third-order valence-electron chi connectivity index (χ3n) is 5.35. The van der Waals surface area contributed by atoms with Gasteiger partial charge in [0.2, 0.25) is 0 Å². The van der Waals surface area contributed by atoms with Crippen molar-refractivity contribution < 1.29 is 9.53 Å². The number of benzene rings is 1. The fraction of sp³-hybridized carbons (Fsp3) is 0.400. The van der Waals surface area contributed by atoms with Crippen molar-refractivity contribution in [2.75, 3.05) is 31.1 Å². The normalized spacial score (nSPS) is 16.8. The second-order valence-corrected chi connectivity index (χ2v) is 7.26. The van der Waals surface area contributed by atoms with Gasteiger partial charge in [0.05, 0.1) is 12.2 Å². The Morgan fingerprint density at radius 1 is 1.11 bits per heavy atom. The van der Waals surface area contributed by atoms with E-state index in [1.54, 1.807) is 4.52 Å². The van der Waals surface area contributed by atoms with Gasteiger partial charge in [0.25, 0.3) is 11.7 Å². The van der Waals surface area contributed by atoms with Gasteiger partial charge >= 0.3 is 0 Å². The molecule has 2 aliphatic rings. The maximum absolute atomic E-state index is 12.8. The van der Waals surface area contributed by atoms with Crippen LogP contribution in [-0.2, 0) is 0 Å². The van der Waals surface area contributed by atoms with Gasteiger partial charge in [0, 0.05) is 30.4 Å². The van der Waals surface area contributed by atoms with Gasteiger partial charge in [-0.05, 0) is 44.4 Å². The van der Waals surface area contributed by atoms with Crippen molar-refractivity contribution in [2.45, 2.75) is 26.2 Å². The number of fused-ring (bicyclic) bond motifs is 2. The van der Waals surface area contributed by atoms with Crippen molar-refractivity contribution >= 4 is 23.2 Å². The van der Waals surface area contributed by atoms with Crippen molar-refractivity contribution in [1.82, 2.24) is 24.5 Å². The summed E-state index contributed by atoms with van der Waals surface area (Å²) in [5.41, 5.74) is 2.48. The predicted molar refractivity (Wildman–Crippen MR) is 104 cm³/mol. The molecule has 0 radical (unpaired) electrons. The molecule has 0 saturated carbocycles. The summed E-state index contributed by atoms with van der Waals surface area (Å²) in [5.74, 6) is 2.26. The van der Waals surface area contributed by atoms with Gasteiger partial charge in [0.1, 0.15) is 24.5 Å². The number of likely N-dealkylation sites (tertiary alicyclic amines) is 1. The average molecular weight is 378 g/mol. The van der Waals surface area contributed by atoms with Gasteiger partial charge in [0.15, 0.2) is 0 Å². The molecule has 0 N–H and O–H groups in total. The number of amides is 1. The maximum Gasteiger partial charge on any atom is 0.254 e. The van der Waals surface area contributed by atoms with E-state index in [1.165, 1.54) is 12.7 Å². The summed E-state index contributed by atoms with van der Waals surface area (Å²) < 4.78 is 7.63. The van der Waals surface area contributed by atoms with Gasteiger partial charge in [-0.1, -0.05) is 0 Å². The van der Waals surface area contributed by atoms with Crippen LogP contribution in [0.2, 0.25) is 0 Å². The summed E-state index contributed by atoms with van der Waals surface area (Å²) in [6.07, 6.45) is 4.87. The van der Waals surface area contributed by atoms with Crippen molar-refractivity contribution in [3.05, 3.63) is 41.9 Å². The highest BCUT2D eigenvalue weighted by atomic mass is 16.5. The Morgan fingerprint density at radius 2 is 1.96 bits per heavy atom. The lowest BCUT2D eigenvalue weighted by molar-refractivity contribution is 0.0724. The number of piperidine rings is 1. The zero-order valence-corrected chi connectivity index (χ0v) is 15.8. The van der Waals surface area contributed by atoms with Crippen LogP contribution in [0.15, 0.2) is 30.6 Å². The standard InChI is InChI=1S/C20H22N6O2/c1-14-11-18(26-20(23-14)21-13-22-26)25-9-10-28-17-12-15(5-6-16(17)25)19(27)24-7-3-2-4-8-24/h5-6,11-13H,2-4,7-10H2,1H3. The van der Waals surface area contributed by atoms with Gasteiger partial charge < -0.3 is 14.5 Å². The van der Waals surface area contributed by atoms with Gasteiger partial charge in [-0.25, -0.2) is 4.98 Å². The molecule has 5 rings (SSSR count). The minimum atomic E-state index is 0.0849. The first kappa shape index (κ1) is 17.0. The lowest BCUT2D eigenvalue weighted by atomic mass is 10.1. The molecule has 1 aromatic carbocycles. The zero-order valence-electron chi connectivity index (χ0n) is 15.8. The van der Waals surface area contributed by atoms with Crippen molar-refractivity contribution in [3.8, 4) is 5.75 Å². The molecule has 8 heteroatoms. The minimum Gasteiger partial charge on any atom is -0.490 e. The number of hydrogen-bond donors (Lipinski definition) is 0. The fourth-order valence-electron chi connectivity index (χ4n) is 3.97. The Morgan fingerprint density at radius 3 is 2.82 bits per heavy atom. The number of carbonyl (C=O) groups excluding carboxylic acids is 1. The van der Waals surface area contributed by atoms with E-state index in [-0.39, 0.29) is 5.91 Å². The fourth-order valence-corrected chi connectivity index (χ4v) is 3.97. The molecule has 1 fully saturated rings. The highest BCUT2D eigenvalue weighted by Crippen LogP contribution is 2.37. The molecular formula is C20H22N6O2. The number of aryl methyl sites for hydroxylation is 1. The molecule has 8 nitrogen and oxygen atoms in total. The van der Waals surface area contributed by atoms with Crippen LogP contribution >= 0.6 is 0 Å². The van der Waals surface area contributed by atoms with Crippen molar-refractivity contribution in [2.24, 2.45) is 0 Å². The Hall–Kier alpha value is -3.16. The molecule has 0 atom stereocenters. The van der Waals surface area contributed by atoms with Crippen LogP contribution in [0.3, 0.4) is 0 Å². The molecule has 0 unspecified atom stereocenters. The Labute approximate surface area is 162 Å². The summed E-state index contributed by atoms with van der Waals surface area (Å²) in [6.45, 7) is 4.84. The summed E-state index contributed by atoms with van der Waals surface area (Å²) in [4.78, 5) is 25.6. The molecule has 1 amide bonds. The first-order valence-electron chi connectivity index (χ1n) is 9.72. The molecule has 1 saturated heterocycles. The van der Waals surface area contributed by atoms with E-state index in [0.717, 1.165) is 48.9 Å². The van der Waals surface area contributed by atoms with E-state index in [1.807, 2.05) is 36.1 Å². The minimum absolute atomic E-state index is 0.0849. The Balaban J connectivity index is 1.52. The Kier molecular flexibility index (Phi) is 4.11. The molecule has 28 heavy (non-hydrogen) atoms. The number of carbonyl (C=O) groups is 1. The van der Waals surface area contributed by atoms with Crippen molar-refractivity contribution in [3.63, 3.8) is 0 Å². The van der Waals surface area contributed by atoms with Crippen LogP contribution < -0.4 is 9.64 Å². The molecule has 4 heterocycles. The third-order valence-corrected chi connectivity index (χ3v) is 5.35. The second-order valence-electron chi connectivity index (χ2n) is 7.26. The SMILES string of the molecule is Cc1cc(N2CCOc3cc(C(=O)N4CCCCC4)ccc32)n2ncnc2n1. The molecule has 0 aliphatic carbocycles. The molecule has 0 spiro atoms. The van der Waals surface area contributed by atoms with E-state index in [4.69, 9.17) is 4.74 Å². The monoisotopic (exact) mass is 378 g/mol. The highest BCUT2D eigenvalue weighted by molar-refractivity contribution is 5.95. The average Bonchev–Trinajstić information content (AvgIpc) is 3.21. The quantitative estimate of drug-likeness (QED) is 0.682. The summed E-state index contributed by atoms with van der Waals surface area (Å²) >= 11 is 0. The number of rotatable bonds is 2. The van der Waals surface area contributed by atoms with E-state index in [0.29, 0.717) is 24.5 Å². The molecule has 0 bridgehead atoms. The van der Waals surface area contributed by atoms with Crippen LogP contribution in [0.5, 0.6) is 5.75 Å². The molecule has 2 aliphatic heterocycles. The zero-order chi connectivity index (χ0) is 19.1. The van der Waals surface area contributed by atoms with E-state index >= 15 is 0 Å². The molecule has 144 valence electrons. The summed E-state index contributed by atoms with van der Waals surface area (Å²) in [6, 6.07) is 7.71. The number of aromatic nitrogens is 4. The van der Waals surface area contributed by atoms with Crippen LogP contribution in [-0.4, -0.2) is 56.6 Å². The highest BCUT2D eigenvalue weighted by Gasteiger charge is 2.25. The van der Waals surface area contributed by atoms with Gasteiger partial charge in [-0.3, -0.25) is 4.79 Å².